The number of hydrogen-bond acceptors (Lipinski definition) is 2. The highest BCUT2D eigenvalue weighted by atomic mass is 79.9. The van der Waals surface area contributed by atoms with Gasteiger partial charge in [0.25, 0.3) is 0 Å². The summed E-state index contributed by atoms with van der Waals surface area (Å²) in [6.07, 6.45) is 0. The van der Waals surface area contributed by atoms with Gasteiger partial charge in [0.2, 0.25) is 0 Å². The first-order valence-corrected chi connectivity index (χ1v) is 7.06. The minimum Gasteiger partial charge on any atom is -0.408 e. The second-order valence-electron chi connectivity index (χ2n) is 4.30. The Morgan fingerprint density at radius 2 is 2.05 bits per heavy atom. The van der Waals surface area contributed by atoms with Gasteiger partial charge in [-0.15, -0.1) is 0 Å². The Hall–Kier alpha value is -1.59. The molecule has 0 spiro atoms. The lowest BCUT2D eigenvalue weighted by Crippen LogP contribution is -1.96. The summed E-state index contributed by atoms with van der Waals surface area (Å²) in [4.78, 5) is 13.3. The molecule has 1 N–H and O–H groups in total. The standard InChI is InChI=1S/C14H8BrClFNO2/c15-13(9-3-2-8(16)6-10(9)17)7-1-4-11-12(5-7)20-14(19)18-11/h1-6,13H,(H,18,19). The summed E-state index contributed by atoms with van der Waals surface area (Å²) in [5.41, 5.74) is 2.29. The molecule has 0 aliphatic carbocycles. The maximum absolute atomic E-state index is 13.9. The second-order valence-corrected chi connectivity index (χ2v) is 5.65. The van der Waals surface area contributed by atoms with Crippen molar-refractivity contribution in [3.8, 4) is 0 Å². The van der Waals surface area contributed by atoms with Crippen LogP contribution in [0.15, 0.2) is 45.6 Å². The van der Waals surface area contributed by atoms with Crippen LogP contribution in [0.2, 0.25) is 5.02 Å². The summed E-state index contributed by atoms with van der Waals surface area (Å²) in [5.74, 6) is -0.907. The van der Waals surface area contributed by atoms with Gasteiger partial charge in [-0.3, -0.25) is 4.98 Å². The lowest BCUT2D eigenvalue weighted by molar-refractivity contribution is 0.555. The van der Waals surface area contributed by atoms with Crippen LogP contribution in [0.1, 0.15) is 16.0 Å². The van der Waals surface area contributed by atoms with Crippen molar-refractivity contribution in [3.05, 3.63) is 68.9 Å². The van der Waals surface area contributed by atoms with Crippen molar-refractivity contribution in [3.63, 3.8) is 0 Å². The number of halogens is 3. The number of rotatable bonds is 2. The van der Waals surface area contributed by atoms with Gasteiger partial charge in [0, 0.05) is 10.6 Å². The number of aromatic amines is 1. The third-order valence-electron chi connectivity index (χ3n) is 2.97. The summed E-state index contributed by atoms with van der Waals surface area (Å²) in [5, 5.41) is 0.345. The third-order valence-corrected chi connectivity index (χ3v) is 4.23. The van der Waals surface area contributed by atoms with Gasteiger partial charge in [-0.25, -0.2) is 9.18 Å². The van der Waals surface area contributed by atoms with E-state index in [0.717, 1.165) is 5.56 Å². The maximum Gasteiger partial charge on any atom is 0.417 e. The predicted molar refractivity (Wildman–Crippen MR) is 79.0 cm³/mol. The van der Waals surface area contributed by atoms with Gasteiger partial charge in [-0.05, 0) is 29.8 Å². The molecule has 1 unspecified atom stereocenters. The molecule has 0 saturated carbocycles. The van der Waals surface area contributed by atoms with E-state index >= 15 is 0 Å². The van der Waals surface area contributed by atoms with E-state index in [1.54, 1.807) is 30.3 Å². The highest BCUT2D eigenvalue weighted by molar-refractivity contribution is 9.09. The summed E-state index contributed by atoms with van der Waals surface area (Å²) in [6, 6.07) is 9.72. The molecule has 0 radical (unpaired) electrons. The molecule has 1 heterocycles. The van der Waals surface area contributed by atoms with Crippen LogP contribution in [0, 0.1) is 5.82 Å². The zero-order valence-electron chi connectivity index (χ0n) is 9.99. The van der Waals surface area contributed by atoms with E-state index in [9.17, 15) is 9.18 Å². The fraction of sp³-hybridized carbons (Fsp3) is 0.0714. The van der Waals surface area contributed by atoms with Gasteiger partial charge in [0.15, 0.2) is 5.58 Å². The van der Waals surface area contributed by atoms with Gasteiger partial charge in [0.1, 0.15) is 5.82 Å². The molecule has 6 heteroatoms. The van der Waals surface area contributed by atoms with Gasteiger partial charge < -0.3 is 4.42 Å². The van der Waals surface area contributed by atoms with E-state index in [4.69, 9.17) is 16.0 Å². The largest absolute Gasteiger partial charge is 0.417 e. The third kappa shape index (κ3) is 2.39. The normalized spacial score (nSPS) is 12.8. The lowest BCUT2D eigenvalue weighted by Gasteiger charge is -2.11. The lowest BCUT2D eigenvalue weighted by atomic mass is 10.0. The molecule has 0 aliphatic rings. The highest BCUT2D eigenvalue weighted by Crippen LogP contribution is 2.34. The molecule has 1 aromatic heterocycles. The van der Waals surface area contributed by atoms with Crippen LogP contribution in [0.4, 0.5) is 4.39 Å². The van der Waals surface area contributed by atoms with Gasteiger partial charge >= 0.3 is 5.76 Å². The molecule has 0 amide bonds. The average Bonchev–Trinajstić information content (AvgIpc) is 2.77. The van der Waals surface area contributed by atoms with Crippen LogP contribution in [0.5, 0.6) is 0 Å². The van der Waals surface area contributed by atoms with E-state index < -0.39 is 11.6 Å². The van der Waals surface area contributed by atoms with Gasteiger partial charge in [-0.2, -0.15) is 0 Å². The molecular formula is C14H8BrClFNO2. The van der Waals surface area contributed by atoms with Gasteiger partial charge in [-0.1, -0.05) is 39.7 Å². The zero-order chi connectivity index (χ0) is 14.3. The quantitative estimate of drug-likeness (QED) is 0.692. The molecule has 0 bridgehead atoms. The van der Waals surface area contributed by atoms with Crippen molar-refractivity contribution in [1.29, 1.82) is 0 Å². The Balaban J connectivity index is 2.06. The number of oxazole rings is 1. The molecule has 0 saturated heterocycles. The molecular weight excluding hydrogens is 349 g/mol. The minimum absolute atomic E-state index is 0.345. The molecule has 0 aliphatic heterocycles. The molecule has 1 atom stereocenters. The van der Waals surface area contributed by atoms with Crippen LogP contribution < -0.4 is 5.76 Å². The number of H-pyrrole nitrogens is 1. The summed E-state index contributed by atoms with van der Waals surface area (Å²) in [7, 11) is 0. The SMILES string of the molecule is O=c1[nH]c2ccc(C(Br)c3ccc(Cl)cc3F)cc2o1. The van der Waals surface area contributed by atoms with Crippen molar-refractivity contribution in [2.24, 2.45) is 0 Å². The number of fused-ring (bicyclic) bond motifs is 1. The van der Waals surface area contributed by atoms with E-state index in [1.807, 2.05) is 0 Å². The Labute approximate surface area is 126 Å². The van der Waals surface area contributed by atoms with Gasteiger partial charge in [0.05, 0.1) is 10.3 Å². The molecule has 3 rings (SSSR count). The topological polar surface area (TPSA) is 46.0 Å². The number of hydrogen-bond donors (Lipinski definition) is 1. The van der Waals surface area contributed by atoms with E-state index in [0.29, 0.717) is 21.7 Å². The first-order valence-electron chi connectivity index (χ1n) is 5.76. The highest BCUT2D eigenvalue weighted by Gasteiger charge is 2.16. The maximum atomic E-state index is 13.9. The molecule has 3 aromatic rings. The Morgan fingerprint density at radius 3 is 2.80 bits per heavy atom. The van der Waals surface area contributed by atoms with Crippen molar-refractivity contribution < 1.29 is 8.81 Å². The van der Waals surface area contributed by atoms with E-state index in [-0.39, 0.29) is 4.83 Å². The van der Waals surface area contributed by atoms with Crippen LogP contribution in [-0.4, -0.2) is 4.98 Å². The first kappa shape index (κ1) is 13.4. The van der Waals surface area contributed by atoms with Crippen LogP contribution in [0.3, 0.4) is 0 Å². The van der Waals surface area contributed by atoms with E-state index in [2.05, 4.69) is 20.9 Å². The smallest absolute Gasteiger partial charge is 0.408 e. The van der Waals surface area contributed by atoms with Crippen molar-refractivity contribution in [2.45, 2.75) is 4.83 Å². The molecule has 2 aromatic carbocycles. The zero-order valence-corrected chi connectivity index (χ0v) is 12.3. The van der Waals surface area contributed by atoms with Crippen LogP contribution in [-0.2, 0) is 0 Å². The fourth-order valence-electron chi connectivity index (χ4n) is 2.01. The average molecular weight is 357 g/mol. The summed E-state index contributed by atoms with van der Waals surface area (Å²) < 4.78 is 18.9. The summed E-state index contributed by atoms with van der Waals surface area (Å²) in [6.45, 7) is 0. The monoisotopic (exact) mass is 355 g/mol. The van der Waals surface area contributed by atoms with Crippen LogP contribution >= 0.6 is 27.5 Å². The number of aromatic nitrogens is 1. The van der Waals surface area contributed by atoms with Crippen molar-refractivity contribution in [2.75, 3.05) is 0 Å². The second kappa shape index (κ2) is 5.07. The molecule has 102 valence electrons. The molecule has 3 nitrogen and oxygen atoms in total. The first-order chi connectivity index (χ1) is 9.54. The van der Waals surface area contributed by atoms with Crippen molar-refractivity contribution in [1.82, 2.24) is 4.98 Å². The molecule has 20 heavy (non-hydrogen) atoms. The fourth-order valence-corrected chi connectivity index (χ4v) is 2.82. The number of nitrogens with one attached hydrogen (secondary N) is 1. The predicted octanol–water partition coefficient (Wildman–Crippen LogP) is 4.40. The molecule has 0 fully saturated rings. The van der Waals surface area contributed by atoms with Crippen molar-refractivity contribution >= 4 is 38.6 Å². The Morgan fingerprint density at radius 1 is 1.25 bits per heavy atom. The minimum atomic E-state index is -0.513. The summed E-state index contributed by atoms with van der Waals surface area (Å²) >= 11 is 9.19. The number of benzene rings is 2. The Bertz CT molecular complexity index is 843. The van der Waals surface area contributed by atoms with Crippen LogP contribution in [0.25, 0.3) is 11.1 Å². The Kier molecular flexibility index (Phi) is 3.40. The van der Waals surface area contributed by atoms with E-state index in [1.165, 1.54) is 6.07 Å². The number of alkyl halides is 1.